The Kier molecular flexibility index (Phi) is 4.25. The number of fused-ring (bicyclic) bond motifs is 3. The van der Waals surface area contributed by atoms with Crippen LogP contribution in [-0.4, -0.2) is 26.2 Å². The lowest BCUT2D eigenvalue weighted by molar-refractivity contribution is 0.296. The number of aromatic nitrogens is 3. The van der Waals surface area contributed by atoms with Gasteiger partial charge >= 0.3 is 0 Å². The average molecular weight is 342 g/mol. The van der Waals surface area contributed by atoms with Crippen molar-refractivity contribution >= 4 is 22.6 Å². The van der Waals surface area contributed by atoms with Gasteiger partial charge in [-0.1, -0.05) is 41.9 Å². The zero-order valence-electron chi connectivity index (χ0n) is 13.5. The Labute approximate surface area is 146 Å². The standard InChI is InChI=1S/C19H20ClN3O/c20-18-17-14-8-4-5-9-15(14)23(12-13-6-2-1-3-7-13)19(17)22-16(21-18)10-11-24/h1-3,6-7,24H,4-5,8-12H2. The van der Waals surface area contributed by atoms with Gasteiger partial charge in [-0.05, 0) is 36.8 Å². The van der Waals surface area contributed by atoms with Crippen molar-refractivity contribution in [1.82, 2.24) is 14.5 Å². The summed E-state index contributed by atoms with van der Waals surface area (Å²) in [6.45, 7) is 0.819. The fourth-order valence-corrected chi connectivity index (χ4v) is 3.95. The van der Waals surface area contributed by atoms with E-state index in [9.17, 15) is 5.11 Å². The van der Waals surface area contributed by atoms with Crippen LogP contribution in [0.25, 0.3) is 11.0 Å². The van der Waals surface area contributed by atoms with Crippen LogP contribution in [0.4, 0.5) is 0 Å². The molecule has 124 valence electrons. The molecule has 2 heterocycles. The number of aryl methyl sites for hydroxylation is 1. The van der Waals surface area contributed by atoms with Gasteiger partial charge in [0.1, 0.15) is 16.6 Å². The first-order chi connectivity index (χ1) is 11.8. The molecule has 1 aliphatic rings. The summed E-state index contributed by atoms with van der Waals surface area (Å²) in [6.07, 6.45) is 4.91. The second kappa shape index (κ2) is 6.54. The number of rotatable bonds is 4. The van der Waals surface area contributed by atoms with E-state index < -0.39 is 0 Å². The van der Waals surface area contributed by atoms with Crippen molar-refractivity contribution in [2.75, 3.05) is 6.61 Å². The molecule has 1 N–H and O–H groups in total. The van der Waals surface area contributed by atoms with E-state index in [0.717, 1.165) is 30.4 Å². The third kappa shape index (κ3) is 2.70. The van der Waals surface area contributed by atoms with Crippen LogP contribution in [0.5, 0.6) is 0 Å². The first-order valence-corrected chi connectivity index (χ1v) is 8.87. The van der Waals surface area contributed by atoms with Crippen molar-refractivity contribution in [3.05, 3.63) is 58.1 Å². The van der Waals surface area contributed by atoms with Crippen molar-refractivity contribution in [2.45, 2.75) is 38.6 Å². The summed E-state index contributed by atoms with van der Waals surface area (Å²) < 4.78 is 2.30. The van der Waals surface area contributed by atoms with E-state index in [2.05, 4.69) is 33.8 Å². The zero-order chi connectivity index (χ0) is 16.5. The Bertz CT molecular complexity index is 873. The lowest BCUT2D eigenvalue weighted by Crippen LogP contribution is -2.10. The second-order valence-electron chi connectivity index (χ2n) is 6.31. The van der Waals surface area contributed by atoms with Gasteiger partial charge in [0.05, 0.1) is 12.0 Å². The van der Waals surface area contributed by atoms with Crippen molar-refractivity contribution in [3.63, 3.8) is 0 Å². The minimum atomic E-state index is 0.0287. The number of aliphatic hydroxyl groups excluding tert-OH is 1. The second-order valence-corrected chi connectivity index (χ2v) is 6.66. The van der Waals surface area contributed by atoms with Gasteiger partial charge < -0.3 is 9.67 Å². The first kappa shape index (κ1) is 15.6. The molecule has 4 rings (SSSR count). The van der Waals surface area contributed by atoms with Crippen LogP contribution in [0.15, 0.2) is 30.3 Å². The van der Waals surface area contributed by atoms with Gasteiger partial charge in [0, 0.05) is 18.7 Å². The largest absolute Gasteiger partial charge is 0.396 e. The summed E-state index contributed by atoms with van der Waals surface area (Å²) in [6, 6.07) is 10.4. The fraction of sp³-hybridized carbons (Fsp3) is 0.368. The van der Waals surface area contributed by atoms with Gasteiger partial charge in [-0.2, -0.15) is 0 Å². The zero-order valence-corrected chi connectivity index (χ0v) is 14.3. The molecule has 0 saturated heterocycles. The van der Waals surface area contributed by atoms with E-state index in [-0.39, 0.29) is 6.61 Å². The van der Waals surface area contributed by atoms with Crippen molar-refractivity contribution < 1.29 is 5.11 Å². The predicted molar refractivity (Wildman–Crippen MR) is 95.5 cm³/mol. The van der Waals surface area contributed by atoms with Gasteiger partial charge in [-0.3, -0.25) is 0 Å². The highest BCUT2D eigenvalue weighted by atomic mass is 35.5. The van der Waals surface area contributed by atoms with Crippen LogP contribution in [0.2, 0.25) is 5.15 Å². The summed E-state index contributed by atoms with van der Waals surface area (Å²) in [5.74, 6) is 0.610. The van der Waals surface area contributed by atoms with Gasteiger partial charge in [0.25, 0.3) is 0 Å². The van der Waals surface area contributed by atoms with Crippen LogP contribution >= 0.6 is 11.6 Å². The minimum absolute atomic E-state index is 0.0287. The van der Waals surface area contributed by atoms with Crippen molar-refractivity contribution in [2.24, 2.45) is 0 Å². The predicted octanol–water partition coefficient (Wildman–Crippen LogP) is 3.55. The van der Waals surface area contributed by atoms with Crippen molar-refractivity contribution in [3.8, 4) is 0 Å². The Morgan fingerprint density at radius 1 is 1.08 bits per heavy atom. The van der Waals surface area contributed by atoms with E-state index in [1.54, 1.807) is 0 Å². The third-order valence-electron chi connectivity index (χ3n) is 4.73. The minimum Gasteiger partial charge on any atom is -0.396 e. The number of aliphatic hydroxyl groups is 1. The van der Waals surface area contributed by atoms with E-state index in [4.69, 9.17) is 16.6 Å². The maximum absolute atomic E-state index is 9.22. The molecule has 0 bridgehead atoms. The third-order valence-corrected chi connectivity index (χ3v) is 5.01. The van der Waals surface area contributed by atoms with Crippen LogP contribution < -0.4 is 0 Å². The lowest BCUT2D eigenvalue weighted by Gasteiger charge is -2.15. The van der Waals surface area contributed by atoms with E-state index >= 15 is 0 Å². The summed E-state index contributed by atoms with van der Waals surface area (Å²) in [5, 5.41) is 10.7. The van der Waals surface area contributed by atoms with Crippen LogP contribution in [-0.2, 0) is 25.8 Å². The quantitative estimate of drug-likeness (QED) is 0.738. The molecule has 0 atom stereocenters. The van der Waals surface area contributed by atoms with Crippen LogP contribution in [0.1, 0.15) is 35.5 Å². The molecule has 0 radical (unpaired) electrons. The number of hydrogen-bond acceptors (Lipinski definition) is 3. The average Bonchev–Trinajstić information content (AvgIpc) is 2.91. The van der Waals surface area contributed by atoms with Crippen LogP contribution in [0.3, 0.4) is 0 Å². The lowest BCUT2D eigenvalue weighted by atomic mass is 9.96. The summed E-state index contributed by atoms with van der Waals surface area (Å²) in [7, 11) is 0. The molecule has 1 aromatic carbocycles. The molecule has 0 saturated carbocycles. The van der Waals surface area contributed by atoms with E-state index in [1.807, 2.05) is 6.07 Å². The Hall–Kier alpha value is -1.91. The summed E-state index contributed by atoms with van der Waals surface area (Å²) >= 11 is 6.51. The molecule has 0 aliphatic heterocycles. The highest BCUT2D eigenvalue weighted by Crippen LogP contribution is 2.35. The van der Waals surface area contributed by atoms with Gasteiger partial charge in [0.2, 0.25) is 0 Å². The van der Waals surface area contributed by atoms with E-state index in [0.29, 0.717) is 17.4 Å². The molecule has 0 amide bonds. The molecule has 1 aliphatic carbocycles. The smallest absolute Gasteiger partial charge is 0.146 e. The Morgan fingerprint density at radius 2 is 1.88 bits per heavy atom. The molecule has 5 heteroatoms. The summed E-state index contributed by atoms with van der Waals surface area (Å²) in [4.78, 5) is 9.13. The molecule has 0 spiro atoms. The van der Waals surface area contributed by atoms with Crippen LogP contribution in [0, 0.1) is 0 Å². The fourth-order valence-electron chi connectivity index (χ4n) is 3.65. The van der Waals surface area contributed by atoms with E-state index in [1.165, 1.54) is 29.7 Å². The number of hydrogen-bond donors (Lipinski definition) is 1. The molecule has 2 aromatic heterocycles. The van der Waals surface area contributed by atoms with Gasteiger partial charge in [-0.15, -0.1) is 0 Å². The Morgan fingerprint density at radius 3 is 2.67 bits per heavy atom. The SMILES string of the molecule is OCCc1nc(Cl)c2c3c(n(Cc4ccccc4)c2n1)CCCC3. The Balaban J connectivity index is 1.92. The summed E-state index contributed by atoms with van der Waals surface area (Å²) in [5.41, 5.74) is 4.82. The number of halogens is 1. The molecule has 0 fully saturated rings. The molecular weight excluding hydrogens is 322 g/mol. The molecular formula is C19H20ClN3O. The highest BCUT2D eigenvalue weighted by molar-refractivity contribution is 6.34. The maximum Gasteiger partial charge on any atom is 0.146 e. The van der Waals surface area contributed by atoms with Gasteiger partial charge in [0.15, 0.2) is 0 Å². The normalized spacial score (nSPS) is 14.1. The number of benzene rings is 1. The number of nitrogens with zero attached hydrogens (tertiary/aromatic N) is 3. The molecule has 3 aromatic rings. The van der Waals surface area contributed by atoms with Crippen molar-refractivity contribution in [1.29, 1.82) is 0 Å². The molecule has 24 heavy (non-hydrogen) atoms. The highest BCUT2D eigenvalue weighted by Gasteiger charge is 2.24. The maximum atomic E-state index is 9.22. The molecule has 4 nitrogen and oxygen atoms in total. The first-order valence-electron chi connectivity index (χ1n) is 8.49. The molecule has 0 unspecified atom stereocenters. The monoisotopic (exact) mass is 341 g/mol. The topological polar surface area (TPSA) is 50.9 Å². The van der Waals surface area contributed by atoms with Gasteiger partial charge in [-0.25, -0.2) is 9.97 Å².